The maximum absolute atomic E-state index is 13.5. The van der Waals surface area contributed by atoms with Crippen LogP contribution in [0.4, 0.5) is 0 Å². The molecular weight excluding hydrogens is 534 g/mol. The predicted molar refractivity (Wildman–Crippen MR) is 159 cm³/mol. The molecule has 42 heavy (non-hydrogen) atoms. The fourth-order valence-electron chi connectivity index (χ4n) is 4.94. The van der Waals surface area contributed by atoms with Crippen molar-refractivity contribution in [2.24, 2.45) is 5.73 Å². The zero-order valence-electron chi connectivity index (χ0n) is 22.5. The van der Waals surface area contributed by atoms with Gasteiger partial charge < -0.3 is 21.1 Å². The van der Waals surface area contributed by atoms with Crippen LogP contribution in [0.5, 0.6) is 0 Å². The van der Waals surface area contributed by atoms with Crippen molar-refractivity contribution >= 4 is 45.2 Å². The van der Waals surface area contributed by atoms with Crippen LogP contribution in [0.1, 0.15) is 28.5 Å². The van der Waals surface area contributed by atoms with Gasteiger partial charge in [-0.15, -0.1) is 0 Å². The Kier molecular flexibility index (Phi) is 9.42. The van der Waals surface area contributed by atoms with Gasteiger partial charge in [-0.3, -0.25) is 19.2 Å². The van der Waals surface area contributed by atoms with Crippen molar-refractivity contribution < 1.29 is 34.5 Å². The summed E-state index contributed by atoms with van der Waals surface area (Å²) in [7, 11) is 0. The first-order valence-corrected chi connectivity index (χ1v) is 13.2. The van der Waals surface area contributed by atoms with Crippen molar-refractivity contribution in [2.75, 3.05) is 0 Å². The second kappa shape index (κ2) is 13.3. The van der Waals surface area contributed by atoms with E-state index in [1.165, 1.54) is 0 Å². The number of rotatable bonds is 9. The van der Waals surface area contributed by atoms with E-state index in [0.29, 0.717) is 17.2 Å². The van der Waals surface area contributed by atoms with Crippen LogP contribution in [0, 0.1) is 0 Å². The van der Waals surface area contributed by atoms with Crippen molar-refractivity contribution in [3.8, 4) is 0 Å². The van der Waals surface area contributed by atoms with Crippen LogP contribution >= 0.6 is 0 Å². The van der Waals surface area contributed by atoms with E-state index in [2.05, 4.69) is 0 Å². The summed E-state index contributed by atoms with van der Waals surface area (Å²) in [6.07, 6.45) is 0.385. The van der Waals surface area contributed by atoms with E-state index in [4.69, 9.17) is 10.8 Å². The first kappa shape index (κ1) is 29.6. The molecule has 0 saturated heterocycles. The summed E-state index contributed by atoms with van der Waals surface area (Å²) < 4.78 is 0. The monoisotopic (exact) mass is 563 g/mol. The molecule has 8 heteroatoms. The van der Waals surface area contributed by atoms with Crippen LogP contribution in [-0.4, -0.2) is 45.1 Å². The van der Waals surface area contributed by atoms with E-state index in [1.54, 1.807) is 48.5 Å². The highest BCUT2D eigenvalue weighted by Crippen LogP contribution is 2.34. The van der Waals surface area contributed by atoms with Gasteiger partial charge in [-0.2, -0.15) is 0 Å². The van der Waals surface area contributed by atoms with Crippen molar-refractivity contribution in [1.29, 1.82) is 0 Å². The number of fused-ring (bicyclic) bond motifs is 2. The number of nitrogens with two attached hydrogens (primary N) is 1. The van der Waals surface area contributed by atoms with Gasteiger partial charge in [-0.05, 0) is 44.7 Å². The fraction of sp³-hybridized carbons (Fsp3) is 0.118. The highest BCUT2D eigenvalue weighted by atomic mass is 16.4. The Bertz CT molecular complexity index is 1640. The molecule has 0 saturated carbocycles. The minimum absolute atomic E-state index is 0.289. The molecule has 0 amide bonds. The fourth-order valence-corrected chi connectivity index (χ4v) is 4.94. The standard InChI is InChI=1S/C25H18O5.C9H11NO2/c26-23(21(24(27)28)19-13-5-9-15-7-1-3-11-17(15)19)22(25(29)30)20-14-6-10-16-8-2-4-12-18(16)20;10-8(9(11)12)6-7-4-2-1-3-5-7/h1-14,21-22H,(H,27,28)(H,29,30);1-5,8H,6,10H2,(H,11,12)/t;8-/m.0/s1. The van der Waals surface area contributed by atoms with Gasteiger partial charge >= 0.3 is 17.9 Å². The lowest BCUT2D eigenvalue weighted by Gasteiger charge is -2.20. The molecule has 0 fully saturated rings. The predicted octanol–water partition coefficient (Wildman–Crippen LogP) is 5.24. The number of hydrogen-bond acceptors (Lipinski definition) is 5. The molecule has 0 aliphatic heterocycles. The second-order valence-corrected chi connectivity index (χ2v) is 9.72. The number of carboxylic acids is 3. The third kappa shape index (κ3) is 6.68. The zero-order valence-corrected chi connectivity index (χ0v) is 22.5. The molecule has 5 N–H and O–H groups in total. The van der Waals surface area contributed by atoms with Crippen LogP contribution in [0.2, 0.25) is 0 Å². The van der Waals surface area contributed by atoms with Gasteiger partial charge in [0.2, 0.25) is 0 Å². The van der Waals surface area contributed by atoms with Gasteiger partial charge in [-0.25, -0.2) is 0 Å². The minimum Gasteiger partial charge on any atom is -0.480 e. The van der Waals surface area contributed by atoms with E-state index in [-0.39, 0.29) is 11.1 Å². The Morgan fingerprint density at radius 3 is 1.36 bits per heavy atom. The van der Waals surface area contributed by atoms with Crippen LogP contribution in [-0.2, 0) is 25.6 Å². The quantitative estimate of drug-likeness (QED) is 0.178. The number of Topliss-reactive ketones (excluding diaryl/α,β-unsaturated/α-hetero) is 1. The van der Waals surface area contributed by atoms with Crippen LogP contribution < -0.4 is 5.73 Å². The third-order valence-corrected chi connectivity index (χ3v) is 6.95. The summed E-state index contributed by atoms with van der Waals surface area (Å²) in [6.45, 7) is 0. The first-order chi connectivity index (χ1) is 20.2. The molecule has 3 atom stereocenters. The number of carboxylic acid groups (broad SMARTS) is 3. The van der Waals surface area contributed by atoms with Gasteiger partial charge in [-0.1, -0.05) is 115 Å². The summed E-state index contributed by atoms with van der Waals surface area (Å²) in [6, 6.07) is 33.0. The molecule has 0 radical (unpaired) electrons. The summed E-state index contributed by atoms with van der Waals surface area (Å²) in [5.41, 5.74) is 6.88. The largest absolute Gasteiger partial charge is 0.480 e. The van der Waals surface area contributed by atoms with Crippen molar-refractivity contribution in [1.82, 2.24) is 0 Å². The summed E-state index contributed by atoms with van der Waals surface area (Å²) in [4.78, 5) is 48.2. The maximum Gasteiger partial charge on any atom is 0.320 e. The first-order valence-electron chi connectivity index (χ1n) is 13.2. The molecule has 2 unspecified atom stereocenters. The minimum atomic E-state index is -1.60. The summed E-state index contributed by atoms with van der Waals surface area (Å²) >= 11 is 0. The molecule has 0 spiro atoms. The molecule has 0 heterocycles. The van der Waals surface area contributed by atoms with E-state index >= 15 is 0 Å². The highest BCUT2D eigenvalue weighted by molar-refractivity contribution is 6.17. The number of hydrogen-bond donors (Lipinski definition) is 4. The molecule has 0 aromatic heterocycles. The van der Waals surface area contributed by atoms with Crippen LogP contribution in [0.15, 0.2) is 115 Å². The Balaban J connectivity index is 0.000000283. The van der Waals surface area contributed by atoms with Gasteiger partial charge in [0.05, 0.1) is 0 Å². The molecule has 0 aliphatic rings. The number of ketones is 1. The van der Waals surface area contributed by atoms with Gasteiger partial charge in [0, 0.05) is 0 Å². The Hall–Kier alpha value is -5.34. The summed E-state index contributed by atoms with van der Waals surface area (Å²) in [5, 5.41) is 31.2. The Morgan fingerprint density at radius 1 is 0.524 bits per heavy atom. The average Bonchev–Trinajstić information content (AvgIpc) is 2.98. The molecule has 5 rings (SSSR count). The molecular formula is C34H29NO7. The summed E-state index contributed by atoms with van der Waals surface area (Å²) in [5.74, 6) is -7.78. The molecule has 8 nitrogen and oxygen atoms in total. The second-order valence-electron chi connectivity index (χ2n) is 9.72. The lowest BCUT2D eigenvalue weighted by molar-refractivity contribution is -0.147. The van der Waals surface area contributed by atoms with Crippen molar-refractivity contribution in [2.45, 2.75) is 24.3 Å². The lowest BCUT2D eigenvalue weighted by Crippen LogP contribution is -2.32. The highest BCUT2D eigenvalue weighted by Gasteiger charge is 2.39. The van der Waals surface area contributed by atoms with Crippen molar-refractivity contribution in [3.05, 3.63) is 132 Å². The van der Waals surface area contributed by atoms with Gasteiger partial charge in [0.15, 0.2) is 5.78 Å². The molecule has 212 valence electrons. The topological polar surface area (TPSA) is 155 Å². The number of carbonyl (C=O) groups is 4. The number of benzene rings is 5. The molecule has 5 aromatic rings. The van der Waals surface area contributed by atoms with Crippen molar-refractivity contribution in [3.63, 3.8) is 0 Å². The Morgan fingerprint density at radius 2 is 0.929 bits per heavy atom. The SMILES string of the molecule is N[C@@H](Cc1ccccc1)C(=O)O.O=C(O)C(C(=O)C(C(=O)O)c1cccc2ccccc12)c1cccc2ccccc12. The normalized spacial score (nSPS) is 12.9. The van der Waals surface area contributed by atoms with Gasteiger partial charge in [0.1, 0.15) is 17.9 Å². The van der Waals surface area contributed by atoms with Gasteiger partial charge in [0.25, 0.3) is 0 Å². The lowest BCUT2D eigenvalue weighted by atomic mass is 9.81. The smallest absolute Gasteiger partial charge is 0.320 e. The molecule has 0 aliphatic carbocycles. The number of aliphatic carboxylic acids is 3. The van der Waals surface area contributed by atoms with E-state index in [0.717, 1.165) is 16.3 Å². The third-order valence-electron chi connectivity index (χ3n) is 6.95. The van der Waals surface area contributed by atoms with E-state index in [9.17, 15) is 29.4 Å². The van der Waals surface area contributed by atoms with Crippen LogP contribution in [0.25, 0.3) is 21.5 Å². The maximum atomic E-state index is 13.5. The average molecular weight is 564 g/mol. The molecule has 0 bridgehead atoms. The van der Waals surface area contributed by atoms with E-state index in [1.807, 2.05) is 66.7 Å². The van der Waals surface area contributed by atoms with E-state index < -0.39 is 41.6 Å². The molecule has 5 aromatic carbocycles. The number of carbonyl (C=O) groups excluding carboxylic acids is 1. The van der Waals surface area contributed by atoms with Crippen LogP contribution in [0.3, 0.4) is 0 Å². The zero-order chi connectivity index (χ0) is 30.2. The Labute approximate surface area is 241 Å².